The number of benzene rings is 1. The van der Waals surface area contributed by atoms with Crippen LogP contribution < -0.4 is 10.1 Å². The van der Waals surface area contributed by atoms with E-state index in [0.717, 1.165) is 24.9 Å². The molecule has 2 atom stereocenters. The lowest BCUT2D eigenvalue weighted by Gasteiger charge is -2.41. The highest BCUT2D eigenvalue weighted by Gasteiger charge is 2.32. The van der Waals surface area contributed by atoms with Crippen molar-refractivity contribution in [3.63, 3.8) is 0 Å². The van der Waals surface area contributed by atoms with Crippen LogP contribution in [0.15, 0.2) is 18.2 Å². The lowest BCUT2D eigenvalue weighted by molar-refractivity contribution is -0.135. The van der Waals surface area contributed by atoms with Crippen LogP contribution in [0.1, 0.15) is 32.1 Å². The van der Waals surface area contributed by atoms with E-state index >= 15 is 0 Å². The van der Waals surface area contributed by atoms with E-state index in [0.29, 0.717) is 23.0 Å². The molecule has 0 bridgehead atoms. The first kappa shape index (κ1) is 20.9. The van der Waals surface area contributed by atoms with Crippen molar-refractivity contribution in [2.75, 3.05) is 45.7 Å². The molecule has 0 spiro atoms. The Kier molecular flexibility index (Phi) is 7.18. The van der Waals surface area contributed by atoms with Crippen molar-refractivity contribution < 1.29 is 14.3 Å². The SMILES string of the molecule is COc1ccc(Cl)cc1NC(=O)CN(C)C(=O)CN1CC[C@H]2CCCC[C@@H]2C1. The van der Waals surface area contributed by atoms with Crippen LogP contribution in [-0.2, 0) is 9.59 Å². The summed E-state index contributed by atoms with van der Waals surface area (Å²) in [6.07, 6.45) is 6.50. The number of carbonyl (C=O) groups excluding carboxylic acids is 2. The number of likely N-dealkylation sites (tertiary alicyclic amines) is 1. The smallest absolute Gasteiger partial charge is 0.244 e. The highest BCUT2D eigenvalue weighted by molar-refractivity contribution is 6.31. The summed E-state index contributed by atoms with van der Waals surface area (Å²) in [7, 11) is 3.20. The van der Waals surface area contributed by atoms with Gasteiger partial charge in [-0.1, -0.05) is 30.9 Å². The summed E-state index contributed by atoms with van der Waals surface area (Å²) < 4.78 is 5.24. The molecule has 154 valence electrons. The van der Waals surface area contributed by atoms with Gasteiger partial charge in [0.15, 0.2) is 0 Å². The zero-order valence-electron chi connectivity index (χ0n) is 16.7. The number of rotatable bonds is 6. The third-order valence-electron chi connectivity index (χ3n) is 5.98. The van der Waals surface area contributed by atoms with E-state index in [2.05, 4.69) is 10.2 Å². The third kappa shape index (κ3) is 5.39. The Bertz CT molecular complexity index is 712. The number of nitrogens with one attached hydrogen (secondary N) is 1. The highest BCUT2D eigenvalue weighted by atomic mass is 35.5. The van der Waals surface area contributed by atoms with Crippen LogP contribution in [0.4, 0.5) is 5.69 Å². The molecule has 1 aromatic carbocycles. The molecule has 1 N–H and O–H groups in total. The molecular formula is C21H30ClN3O3. The van der Waals surface area contributed by atoms with Gasteiger partial charge < -0.3 is 15.0 Å². The van der Waals surface area contributed by atoms with Crippen LogP contribution in [-0.4, -0.2) is 62.0 Å². The molecular weight excluding hydrogens is 378 g/mol. The van der Waals surface area contributed by atoms with Crippen molar-refractivity contribution in [2.45, 2.75) is 32.1 Å². The molecule has 7 heteroatoms. The number of methoxy groups -OCH3 is 1. The first-order valence-corrected chi connectivity index (χ1v) is 10.4. The molecule has 1 saturated carbocycles. The quantitative estimate of drug-likeness (QED) is 0.786. The number of carbonyl (C=O) groups is 2. The molecule has 2 aliphatic rings. The maximum atomic E-state index is 12.6. The minimum atomic E-state index is -0.276. The molecule has 1 aliphatic heterocycles. The second-order valence-electron chi connectivity index (χ2n) is 7.97. The van der Waals surface area contributed by atoms with E-state index in [1.165, 1.54) is 44.1 Å². The Balaban J connectivity index is 1.48. The third-order valence-corrected chi connectivity index (χ3v) is 6.21. The van der Waals surface area contributed by atoms with Gasteiger partial charge in [0.25, 0.3) is 0 Å². The van der Waals surface area contributed by atoms with Gasteiger partial charge in [-0.25, -0.2) is 0 Å². The molecule has 1 heterocycles. The van der Waals surface area contributed by atoms with E-state index < -0.39 is 0 Å². The Morgan fingerprint density at radius 3 is 2.75 bits per heavy atom. The van der Waals surface area contributed by atoms with Gasteiger partial charge in [-0.2, -0.15) is 0 Å². The number of hydrogen-bond donors (Lipinski definition) is 1. The second kappa shape index (κ2) is 9.61. The van der Waals surface area contributed by atoms with Crippen molar-refractivity contribution in [2.24, 2.45) is 11.8 Å². The van der Waals surface area contributed by atoms with Gasteiger partial charge in [-0.3, -0.25) is 14.5 Å². The van der Waals surface area contributed by atoms with Crippen LogP contribution in [0.25, 0.3) is 0 Å². The lowest BCUT2D eigenvalue weighted by Crippen LogP contribution is -2.47. The molecule has 1 saturated heterocycles. The Morgan fingerprint density at radius 1 is 1.25 bits per heavy atom. The Morgan fingerprint density at radius 2 is 2.00 bits per heavy atom. The fourth-order valence-electron chi connectivity index (χ4n) is 4.40. The standard InChI is InChI=1S/C21H30ClN3O3/c1-24(13-20(26)23-18-11-17(22)7-8-19(18)28-2)21(27)14-25-10-9-15-5-3-4-6-16(15)12-25/h7-8,11,15-16H,3-6,9-10,12-14H2,1-2H3,(H,23,26)/t15-,16-/m1/s1. The van der Waals surface area contributed by atoms with Crippen LogP contribution in [0.3, 0.4) is 0 Å². The summed E-state index contributed by atoms with van der Waals surface area (Å²) in [4.78, 5) is 28.7. The van der Waals surface area contributed by atoms with E-state index in [1.54, 1.807) is 25.2 Å². The summed E-state index contributed by atoms with van der Waals surface area (Å²) >= 11 is 5.99. The molecule has 6 nitrogen and oxygen atoms in total. The van der Waals surface area contributed by atoms with Crippen molar-refractivity contribution in [1.29, 1.82) is 0 Å². The fraction of sp³-hybridized carbons (Fsp3) is 0.619. The largest absolute Gasteiger partial charge is 0.495 e. The number of hydrogen-bond acceptors (Lipinski definition) is 4. The first-order valence-electron chi connectivity index (χ1n) is 10.1. The van der Waals surface area contributed by atoms with Crippen LogP contribution in [0.5, 0.6) is 5.75 Å². The zero-order chi connectivity index (χ0) is 20.1. The van der Waals surface area contributed by atoms with Crippen LogP contribution in [0.2, 0.25) is 5.02 Å². The van der Waals surface area contributed by atoms with Crippen molar-refractivity contribution in [3.05, 3.63) is 23.2 Å². The summed E-state index contributed by atoms with van der Waals surface area (Å²) in [6, 6.07) is 5.03. The molecule has 3 rings (SSSR count). The Hall–Kier alpha value is -1.79. The van der Waals surface area contributed by atoms with Gasteiger partial charge >= 0.3 is 0 Å². The molecule has 1 aliphatic carbocycles. The van der Waals surface area contributed by atoms with Crippen LogP contribution in [0, 0.1) is 11.8 Å². The predicted molar refractivity (Wildman–Crippen MR) is 111 cm³/mol. The number of ether oxygens (including phenoxy) is 1. The topological polar surface area (TPSA) is 61.9 Å². The minimum absolute atomic E-state index is 0.00556. The van der Waals surface area contributed by atoms with Gasteiger partial charge in [0.2, 0.25) is 11.8 Å². The highest BCUT2D eigenvalue weighted by Crippen LogP contribution is 2.36. The summed E-state index contributed by atoms with van der Waals surface area (Å²) in [6.45, 7) is 2.37. The summed E-state index contributed by atoms with van der Waals surface area (Å²) in [5, 5.41) is 3.28. The second-order valence-corrected chi connectivity index (χ2v) is 8.41. The van der Waals surface area contributed by atoms with Crippen LogP contribution >= 0.6 is 11.6 Å². The van der Waals surface area contributed by atoms with Crippen molar-refractivity contribution in [1.82, 2.24) is 9.80 Å². The number of fused-ring (bicyclic) bond motifs is 1. The van der Waals surface area contributed by atoms with Crippen molar-refractivity contribution >= 4 is 29.1 Å². The molecule has 1 aromatic rings. The number of amides is 2. The lowest BCUT2D eigenvalue weighted by atomic mass is 9.75. The minimum Gasteiger partial charge on any atom is -0.495 e. The number of likely N-dealkylation sites (N-methyl/N-ethyl adjacent to an activating group) is 1. The first-order chi connectivity index (χ1) is 13.5. The average Bonchev–Trinajstić information content (AvgIpc) is 2.68. The number of halogens is 1. The summed E-state index contributed by atoms with van der Waals surface area (Å²) in [5.41, 5.74) is 0.500. The van der Waals surface area contributed by atoms with E-state index in [4.69, 9.17) is 16.3 Å². The van der Waals surface area contributed by atoms with Gasteiger partial charge in [-0.05, 0) is 49.4 Å². The van der Waals surface area contributed by atoms with E-state index in [9.17, 15) is 9.59 Å². The summed E-state index contributed by atoms with van der Waals surface area (Å²) in [5.74, 6) is 1.81. The van der Waals surface area contributed by atoms with E-state index in [-0.39, 0.29) is 18.4 Å². The molecule has 2 fully saturated rings. The van der Waals surface area contributed by atoms with Crippen molar-refractivity contribution in [3.8, 4) is 5.75 Å². The zero-order valence-corrected chi connectivity index (χ0v) is 17.5. The number of anilines is 1. The van der Waals surface area contributed by atoms with Gasteiger partial charge in [0.05, 0.1) is 25.9 Å². The molecule has 0 aromatic heterocycles. The molecule has 2 amide bonds. The average molecular weight is 408 g/mol. The maximum Gasteiger partial charge on any atom is 0.244 e. The van der Waals surface area contributed by atoms with E-state index in [1.807, 2.05) is 0 Å². The van der Waals surface area contributed by atoms with Gasteiger partial charge in [0.1, 0.15) is 5.75 Å². The van der Waals surface area contributed by atoms with Gasteiger partial charge in [-0.15, -0.1) is 0 Å². The fourth-order valence-corrected chi connectivity index (χ4v) is 4.58. The monoisotopic (exact) mass is 407 g/mol. The Labute approximate surface area is 172 Å². The number of nitrogens with zero attached hydrogens (tertiary/aromatic N) is 2. The predicted octanol–water partition coefficient (Wildman–Crippen LogP) is 3.26. The normalized spacial score (nSPS) is 22.2. The molecule has 0 radical (unpaired) electrons. The number of piperidine rings is 1. The molecule has 28 heavy (non-hydrogen) atoms. The van der Waals surface area contributed by atoms with Gasteiger partial charge in [0, 0.05) is 18.6 Å². The maximum absolute atomic E-state index is 12.6. The molecule has 0 unspecified atom stereocenters.